The number of aromatic nitrogens is 2. The number of hydrogen-bond acceptors (Lipinski definition) is 3. The molecule has 0 spiro atoms. The van der Waals surface area contributed by atoms with E-state index in [9.17, 15) is 0 Å². The predicted molar refractivity (Wildman–Crippen MR) is 171 cm³/mol. The van der Waals surface area contributed by atoms with Gasteiger partial charge in [-0.3, -0.25) is 4.98 Å². The molecule has 4 heterocycles. The summed E-state index contributed by atoms with van der Waals surface area (Å²) in [7, 11) is 0. The molecule has 0 amide bonds. The van der Waals surface area contributed by atoms with Crippen molar-refractivity contribution in [2.75, 3.05) is 6.54 Å². The number of dihydropyridines is 2. The molecule has 2 N–H and O–H groups in total. The molecule has 0 radical (unpaired) electrons. The lowest BCUT2D eigenvalue weighted by Crippen LogP contribution is -2.20. The number of fused-ring (bicyclic) bond motifs is 5. The van der Waals surface area contributed by atoms with E-state index in [4.69, 9.17) is 0 Å². The minimum Gasteiger partial charge on any atom is -0.381 e. The average Bonchev–Trinajstić information content (AvgIpc) is 3.40. The summed E-state index contributed by atoms with van der Waals surface area (Å²) in [4.78, 5) is 4.18. The highest BCUT2D eigenvalue weighted by atomic mass is 15.0. The number of hydrogen-bond donors (Lipinski definition) is 2. The molecule has 1 unspecified atom stereocenters. The maximum atomic E-state index is 4.18. The average molecular weight is 529 g/mol. The van der Waals surface area contributed by atoms with Gasteiger partial charge in [-0.05, 0) is 65.1 Å². The number of allylic oxidation sites excluding steroid dienone is 4. The molecule has 196 valence electrons. The summed E-state index contributed by atoms with van der Waals surface area (Å²) >= 11 is 0. The van der Waals surface area contributed by atoms with Crippen molar-refractivity contribution in [1.82, 2.24) is 20.2 Å². The maximum absolute atomic E-state index is 4.18. The second-order valence-corrected chi connectivity index (χ2v) is 10.6. The van der Waals surface area contributed by atoms with Gasteiger partial charge in [-0.2, -0.15) is 0 Å². The van der Waals surface area contributed by atoms with Crippen LogP contribution in [-0.2, 0) is 0 Å². The van der Waals surface area contributed by atoms with Crippen LogP contribution >= 0.6 is 0 Å². The Labute approximate surface area is 238 Å². The lowest BCUT2D eigenvalue weighted by molar-refractivity contribution is 0.764. The lowest BCUT2D eigenvalue weighted by Gasteiger charge is -2.22. The highest BCUT2D eigenvalue weighted by Crippen LogP contribution is 2.38. The number of rotatable bonds is 4. The van der Waals surface area contributed by atoms with Gasteiger partial charge in [0.1, 0.15) is 0 Å². The highest BCUT2D eigenvalue weighted by molar-refractivity contribution is 6.19. The van der Waals surface area contributed by atoms with E-state index in [1.807, 2.05) is 24.5 Å². The minimum absolute atomic E-state index is 0.0689. The molecular formula is C37H28N4. The van der Waals surface area contributed by atoms with Gasteiger partial charge in [-0.1, -0.05) is 78.9 Å². The molecule has 2 aliphatic heterocycles. The first kappa shape index (κ1) is 23.5. The maximum Gasteiger partial charge on any atom is 0.0702 e. The minimum atomic E-state index is 0.0689. The second-order valence-electron chi connectivity index (χ2n) is 10.6. The number of nitrogens with one attached hydrogen (secondary N) is 2. The van der Waals surface area contributed by atoms with Crippen LogP contribution in [0.25, 0.3) is 49.7 Å². The van der Waals surface area contributed by atoms with Crippen LogP contribution in [0.4, 0.5) is 0 Å². The zero-order valence-corrected chi connectivity index (χ0v) is 22.5. The Hall–Kier alpha value is -5.35. The largest absolute Gasteiger partial charge is 0.381 e. The smallest absolute Gasteiger partial charge is 0.0702 e. The number of para-hydroxylation sites is 1. The lowest BCUT2D eigenvalue weighted by atomic mass is 9.99. The zero-order valence-electron chi connectivity index (χ0n) is 22.5. The summed E-state index contributed by atoms with van der Waals surface area (Å²) in [5.41, 5.74) is 9.43. The standard InChI is InChI=1S/C37H28N4/c1-2-7-29(8-3-1)41-36-24-28(35-11-6-10-34(40-35)25-18-21-38-22-19-25)14-16-31(36)32-17-12-26-23-27(13-15-30(26)37(32)41)33-9-4-5-20-39-33/h1-19,21-24,35,39-40H,20H2. The zero-order chi connectivity index (χ0) is 27.2. The third kappa shape index (κ3) is 4.04. The third-order valence-corrected chi connectivity index (χ3v) is 8.13. The van der Waals surface area contributed by atoms with Gasteiger partial charge in [-0.15, -0.1) is 0 Å². The van der Waals surface area contributed by atoms with Crippen LogP contribution in [0.15, 0.2) is 140 Å². The van der Waals surface area contributed by atoms with Crippen molar-refractivity contribution >= 4 is 44.0 Å². The van der Waals surface area contributed by atoms with Crippen LogP contribution in [0.3, 0.4) is 0 Å². The molecule has 6 aromatic rings. The first-order valence-electron chi connectivity index (χ1n) is 14.1. The molecule has 41 heavy (non-hydrogen) atoms. The molecule has 4 aromatic carbocycles. The molecule has 2 aromatic heterocycles. The predicted octanol–water partition coefficient (Wildman–Crippen LogP) is 8.07. The Bertz CT molecular complexity index is 2060. The summed E-state index contributed by atoms with van der Waals surface area (Å²) in [6.07, 6.45) is 16.6. The van der Waals surface area contributed by atoms with Gasteiger partial charge in [0.2, 0.25) is 0 Å². The van der Waals surface area contributed by atoms with Crippen molar-refractivity contribution < 1.29 is 0 Å². The van der Waals surface area contributed by atoms with Gasteiger partial charge < -0.3 is 15.2 Å². The summed E-state index contributed by atoms with van der Waals surface area (Å²) in [5.74, 6) is 0. The highest BCUT2D eigenvalue weighted by Gasteiger charge is 2.19. The van der Waals surface area contributed by atoms with E-state index >= 15 is 0 Å². The summed E-state index contributed by atoms with van der Waals surface area (Å²) < 4.78 is 2.43. The molecule has 1 atom stereocenters. The van der Waals surface area contributed by atoms with Crippen LogP contribution in [0.1, 0.15) is 22.7 Å². The number of nitrogens with zero attached hydrogens (tertiary/aromatic N) is 2. The summed E-state index contributed by atoms with van der Waals surface area (Å²) in [6.45, 7) is 0.859. The van der Waals surface area contributed by atoms with Crippen LogP contribution in [0.5, 0.6) is 0 Å². The van der Waals surface area contributed by atoms with E-state index in [2.05, 4.69) is 136 Å². The van der Waals surface area contributed by atoms with E-state index in [0.29, 0.717) is 0 Å². The van der Waals surface area contributed by atoms with Crippen LogP contribution in [0.2, 0.25) is 0 Å². The Morgan fingerprint density at radius 1 is 0.707 bits per heavy atom. The molecule has 4 heteroatoms. The van der Waals surface area contributed by atoms with E-state index in [1.165, 1.54) is 43.7 Å². The fourth-order valence-electron chi connectivity index (χ4n) is 6.15. The number of pyridine rings is 1. The Morgan fingerprint density at radius 3 is 2.39 bits per heavy atom. The monoisotopic (exact) mass is 528 g/mol. The fraction of sp³-hybridized carbons (Fsp3) is 0.0541. The SMILES string of the molecule is C1=CCNC(c2ccc3c(ccc4c5ccc(C6C=CC=C(c7ccncc7)N6)cc5n(-c5ccccc5)c34)c2)=C1. The quantitative estimate of drug-likeness (QED) is 0.243. The first-order chi connectivity index (χ1) is 20.3. The topological polar surface area (TPSA) is 41.9 Å². The van der Waals surface area contributed by atoms with Gasteiger partial charge in [0.05, 0.1) is 17.1 Å². The second kappa shape index (κ2) is 9.68. The van der Waals surface area contributed by atoms with Crippen molar-refractivity contribution in [3.8, 4) is 5.69 Å². The molecule has 0 fully saturated rings. The van der Waals surface area contributed by atoms with Crippen LogP contribution in [0, 0.1) is 0 Å². The van der Waals surface area contributed by atoms with Gasteiger partial charge in [0.25, 0.3) is 0 Å². The van der Waals surface area contributed by atoms with E-state index in [1.54, 1.807) is 0 Å². The molecule has 0 bridgehead atoms. The van der Waals surface area contributed by atoms with Crippen LogP contribution in [-0.4, -0.2) is 16.1 Å². The van der Waals surface area contributed by atoms with Crippen molar-refractivity contribution in [2.24, 2.45) is 0 Å². The first-order valence-corrected chi connectivity index (χ1v) is 14.1. The molecule has 0 saturated carbocycles. The fourth-order valence-corrected chi connectivity index (χ4v) is 6.15. The molecule has 2 aliphatic rings. The van der Waals surface area contributed by atoms with E-state index < -0.39 is 0 Å². The Kier molecular flexibility index (Phi) is 5.56. The van der Waals surface area contributed by atoms with Gasteiger partial charge in [0, 0.05) is 57.7 Å². The van der Waals surface area contributed by atoms with Crippen LogP contribution < -0.4 is 10.6 Å². The number of benzene rings is 4. The van der Waals surface area contributed by atoms with Crippen molar-refractivity contribution in [3.63, 3.8) is 0 Å². The Balaban J connectivity index is 1.31. The van der Waals surface area contributed by atoms with Gasteiger partial charge in [-0.25, -0.2) is 0 Å². The normalized spacial score (nSPS) is 16.4. The molecule has 0 saturated heterocycles. The van der Waals surface area contributed by atoms with Gasteiger partial charge >= 0.3 is 0 Å². The molecular weight excluding hydrogens is 500 g/mol. The van der Waals surface area contributed by atoms with Crippen molar-refractivity contribution in [1.29, 1.82) is 0 Å². The molecule has 8 rings (SSSR count). The molecule has 4 nitrogen and oxygen atoms in total. The Morgan fingerprint density at radius 2 is 1.54 bits per heavy atom. The summed E-state index contributed by atoms with van der Waals surface area (Å²) in [5, 5.41) is 12.2. The third-order valence-electron chi connectivity index (χ3n) is 8.13. The summed E-state index contributed by atoms with van der Waals surface area (Å²) in [6, 6.07) is 33.1. The van der Waals surface area contributed by atoms with E-state index in [-0.39, 0.29) is 6.04 Å². The van der Waals surface area contributed by atoms with Gasteiger partial charge in [0.15, 0.2) is 0 Å². The van der Waals surface area contributed by atoms with Crippen molar-refractivity contribution in [2.45, 2.75) is 6.04 Å². The van der Waals surface area contributed by atoms with Crippen molar-refractivity contribution in [3.05, 3.63) is 157 Å². The van der Waals surface area contributed by atoms with E-state index in [0.717, 1.165) is 29.2 Å². The molecule has 0 aliphatic carbocycles.